The number of anilines is 1. The van der Waals surface area contributed by atoms with Crippen LogP contribution in [-0.4, -0.2) is 25.1 Å². The largest absolute Gasteiger partial charge is 0.496 e. The van der Waals surface area contributed by atoms with Gasteiger partial charge in [-0.25, -0.2) is 4.98 Å². The monoisotopic (exact) mass is 365 g/mol. The first kappa shape index (κ1) is 17.5. The Morgan fingerprint density at radius 1 is 1.12 bits per heavy atom. The van der Waals surface area contributed by atoms with Crippen LogP contribution in [0.3, 0.4) is 0 Å². The van der Waals surface area contributed by atoms with Gasteiger partial charge in [-0.3, -0.25) is 10.1 Å². The third kappa shape index (κ3) is 3.50. The van der Waals surface area contributed by atoms with Crippen LogP contribution in [-0.2, 0) is 0 Å². The molecule has 1 amide bonds. The zero-order valence-corrected chi connectivity index (χ0v) is 15.0. The van der Waals surface area contributed by atoms with Crippen molar-refractivity contribution in [2.75, 3.05) is 19.5 Å². The molecule has 1 heterocycles. The average molecular weight is 365 g/mol. The number of nitriles is 1. The lowest BCUT2D eigenvalue weighted by Gasteiger charge is -2.11. The van der Waals surface area contributed by atoms with E-state index < -0.39 is 0 Å². The van der Waals surface area contributed by atoms with Gasteiger partial charge >= 0.3 is 0 Å². The number of hydrogen-bond donors (Lipinski definition) is 1. The van der Waals surface area contributed by atoms with Gasteiger partial charge < -0.3 is 9.47 Å². The number of rotatable bonds is 5. The molecular formula is C19H15N3O3S. The van der Waals surface area contributed by atoms with Crippen molar-refractivity contribution in [3.63, 3.8) is 0 Å². The Morgan fingerprint density at radius 3 is 2.35 bits per heavy atom. The second-order valence-electron chi connectivity index (χ2n) is 5.22. The van der Waals surface area contributed by atoms with E-state index in [0.717, 1.165) is 11.3 Å². The topological polar surface area (TPSA) is 84.2 Å². The Hall–Kier alpha value is -3.37. The average Bonchev–Trinajstić information content (AvgIpc) is 3.15. The van der Waals surface area contributed by atoms with Gasteiger partial charge in [0.2, 0.25) is 0 Å². The molecule has 0 radical (unpaired) electrons. The molecule has 3 rings (SSSR count). The molecule has 0 saturated heterocycles. The predicted molar refractivity (Wildman–Crippen MR) is 99.8 cm³/mol. The third-order valence-corrected chi connectivity index (χ3v) is 4.45. The van der Waals surface area contributed by atoms with Crippen molar-refractivity contribution in [3.8, 4) is 28.8 Å². The number of ether oxygens (including phenoxy) is 2. The van der Waals surface area contributed by atoms with Crippen molar-refractivity contribution in [3.05, 3.63) is 59.0 Å². The number of thiazole rings is 1. The summed E-state index contributed by atoms with van der Waals surface area (Å²) in [6.45, 7) is 0. The van der Waals surface area contributed by atoms with Crippen LogP contribution in [0.4, 0.5) is 5.13 Å². The Balaban J connectivity index is 1.83. The molecule has 6 nitrogen and oxygen atoms in total. The molecule has 0 aliphatic rings. The minimum absolute atomic E-state index is 0.313. The quantitative estimate of drug-likeness (QED) is 0.740. The molecule has 0 spiro atoms. The fourth-order valence-electron chi connectivity index (χ4n) is 2.41. The van der Waals surface area contributed by atoms with Gasteiger partial charge in [0.15, 0.2) is 5.13 Å². The number of benzene rings is 2. The summed E-state index contributed by atoms with van der Waals surface area (Å²) in [5.41, 5.74) is 2.49. The van der Waals surface area contributed by atoms with Crippen LogP contribution >= 0.6 is 11.3 Å². The first-order chi connectivity index (χ1) is 12.7. The van der Waals surface area contributed by atoms with Crippen molar-refractivity contribution >= 4 is 22.4 Å². The SMILES string of the molecule is COc1cccc(OC)c1C(=O)Nc1nc(-c2ccc(C#N)cc2)cs1. The van der Waals surface area contributed by atoms with E-state index >= 15 is 0 Å². The summed E-state index contributed by atoms with van der Waals surface area (Å²) in [5.74, 6) is 0.483. The van der Waals surface area contributed by atoms with Crippen LogP contribution < -0.4 is 14.8 Å². The molecule has 0 atom stereocenters. The molecular weight excluding hydrogens is 350 g/mol. The highest BCUT2D eigenvalue weighted by Gasteiger charge is 2.19. The van der Waals surface area contributed by atoms with Crippen LogP contribution in [0.25, 0.3) is 11.3 Å². The molecule has 0 aliphatic heterocycles. The van der Waals surface area contributed by atoms with Gasteiger partial charge in [0.25, 0.3) is 5.91 Å². The number of aromatic nitrogens is 1. The van der Waals surface area contributed by atoms with E-state index in [9.17, 15) is 4.79 Å². The van der Waals surface area contributed by atoms with Crippen molar-refractivity contribution in [1.82, 2.24) is 4.98 Å². The van der Waals surface area contributed by atoms with Crippen LogP contribution in [0.15, 0.2) is 47.8 Å². The lowest BCUT2D eigenvalue weighted by atomic mass is 10.1. The van der Waals surface area contributed by atoms with E-state index in [1.807, 2.05) is 17.5 Å². The molecule has 2 aromatic carbocycles. The summed E-state index contributed by atoms with van der Waals surface area (Å²) in [6, 6.07) is 14.3. The van der Waals surface area contributed by atoms with Gasteiger partial charge in [-0.1, -0.05) is 18.2 Å². The fraction of sp³-hybridized carbons (Fsp3) is 0.105. The van der Waals surface area contributed by atoms with Crippen LogP contribution in [0.5, 0.6) is 11.5 Å². The summed E-state index contributed by atoms with van der Waals surface area (Å²) < 4.78 is 10.5. The minimum atomic E-state index is -0.361. The lowest BCUT2D eigenvalue weighted by Crippen LogP contribution is -2.14. The first-order valence-corrected chi connectivity index (χ1v) is 8.52. The maximum absolute atomic E-state index is 12.7. The number of amides is 1. The molecule has 0 bridgehead atoms. The van der Waals surface area contributed by atoms with Gasteiger partial charge in [-0.05, 0) is 24.3 Å². The van der Waals surface area contributed by atoms with Crippen molar-refractivity contribution in [1.29, 1.82) is 5.26 Å². The van der Waals surface area contributed by atoms with E-state index in [4.69, 9.17) is 14.7 Å². The minimum Gasteiger partial charge on any atom is -0.496 e. The van der Waals surface area contributed by atoms with Gasteiger partial charge in [-0.15, -0.1) is 11.3 Å². The predicted octanol–water partition coefficient (Wildman–Crippen LogP) is 3.95. The van der Waals surface area contributed by atoms with Gasteiger partial charge in [-0.2, -0.15) is 5.26 Å². The fourth-order valence-corrected chi connectivity index (χ4v) is 3.13. The van der Waals surface area contributed by atoms with E-state index in [1.54, 1.807) is 30.3 Å². The number of carbonyl (C=O) groups excluding carboxylic acids is 1. The van der Waals surface area contributed by atoms with Crippen molar-refractivity contribution in [2.24, 2.45) is 0 Å². The van der Waals surface area contributed by atoms with E-state index in [2.05, 4.69) is 16.4 Å². The van der Waals surface area contributed by atoms with E-state index in [1.165, 1.54) is 25.6 Å². The van der Waals surface area contributed by atoms with Crippen molar-refractivity contribution in [2.45, 2.75) is 0 Å². The Kier molecular flexibility index (Phi) is 5.15. The maximum atomic E-state index is 12.7. The Bertz CT molecular complexity index is 952. The Labute approximate surface area is 154 Å². The summed E-state index contributed by atoms with van der Waals surface area (Å²) >= 11 is 1.31. The van der Waals surface area contributed by atoms with Gasteiger partial charge in [0, 0.05) is 10.9 Å². The zero-order chi connectivity index (χ0) is 18.5. The second-order valence-corrected chi connectivity index (χ2v) is 6.08. The van der Waals surface area contributed by atoms with Crippen LogP contribution in [0.1, 0.15) is 15.9 Å². The van der Waals surface area contributed by atoms with Crippen LogP contribution in [0.2, 0.25) is 0 Å². The molecule has 0 aliphatic carbocycles. The molecule has 0 fully saturated rings. The second kappa shape index (κ2) is 7.68. The normalized spacial score (nSPS) is 10.0. The van der Waals surface area contributed by atoms with E-state index in [-0.39, 0.29) is 5.91 Å². The molecule has 0 saturated carbocycles. The summed E-state index contributed by atoms with van der Waals surface area (Å²) in [7, 11) is 3.00. The van der Waals surface area contributed by atoms with E-state index in [0.29, 0.717) is 27.8 Å². The zero-order valence-electron chi connectivity index (χ0n) is 14.1. The number of hydrogen-bond acceptors (Lipinski definition) is 6. The smallest absolute Gasteiger partial charge is 0.265 e. The Morgan fingerprint density at radius 2 is 1.77 bits per heavy atom. The number of carbonyl (C=O) groups is 1. The first-order valence-electron chi connectivity index (χ1n) is 7.64. The number of nitrogens with zero attached hydrogens (tertiary/aromatic N) is 2. The highest BCUT2D eigenvalue weighted by molar-refractivity contribution is 7.14. The highest BCUT2D eigenvalue weighted by atomic mass is 32.1. The molecule has 3 aromatic rings. The molecule has 0 unspecified atom stereocenters. The lowest BCUT2D eigenvalue weighted by molar-refractivity contribution is 0.102. The standard InChI is InChI=1S/C19H15N3O3S/c1-24-15-4-3-5-16(25-2)17(15)18(23)22-19-21-14(11-26-19)13-8-6-12(10-20)7-9-13/h3-9,11H,1-2H3,(H,21,22,23). The molecule has 26 heavy (non-hydrogen) atoms. The van der Waals surface area contributed by atoms with Gasteiger partial charge in [0.1, 0.15) is 17.1 Å². The molecule has 7 heteroatoms. The summed E-state index contributed by atoms with van der Waals surface area (Å²) in [4.78, 5) is 17.1. The summed E-state index contributed by atoms with van der Waals surface area (Å²) in [5, 5.41) is 13.9. The number of nitrogens with one attached hydrogen (secondary N) is 1. The third-order valence-electron chi connectivity index (χ3n) is 3.69. The molecule has 130 valence electrons. The van der Waals surface area contributed by atoms with Crippen molar-refractivity contribution < 1.29 is 14.3 Å². The number of methoxy groups -OCH3 is 2. The maximum Gasteiger partial charge on any atom is 0.265 e. The van der Waals surface area contributed by atoms with Gasteiger partial charge in [0.05, 0.1) is 31.5 Å². The highest BCUT2D eigenvalue weighted by Crippen LogP contribution is 2.30. The molecule has 1 aromatic heterocycles. The van der Waals surface area contributed by atoms with Crippen LogP contribution in [0, 0.1) is 11.3 Å². The molecule has 1 N–H and O–H groups in total. The summed E-state index contributed by atoms with van der Waals surface area (Å²) in [6.07, 6.45) is 0.